The Bertz CT molecular complexity index is 3660. The van der Waals surface area contributed by atoms with Crippen LogP contribution in [0, 0.1) is 13.8 Å². The van der Waals surface area contributed by atoms with Gasteiger partial charge >= 0.3 is 12.4 Å². The average Bonchev–Trinajstić information content (AvgIpc) is 1.53. The fourth-order valence-electron chi connectivity index (χ4n) is 13.0. The lowest BCUT2D eigenvalue weighted by Crippen LogP contribution is -2.55. The maximum atomic E-state index is 14.4. The average molecular weight is 1280 g/mol. The number of aliphatic hydroxyl groups is 2. The first-order valence-corrected chi connectivity index (χ1v) is 30.6. The molecule has 4 aliphatic rings. The Balaban J connectivity index is 0.000000188. The van der Waals surface area contributed by atoms with Gasteiger partial charge in [0, 0.05) is 111 Å². The molecule has 488 valence electrons. The number of piperazine rings is 2. The summed E-state index contributed by atoms with van der Waals surface area (Å²) in [6.07, 6.45) is -7.14. The van der Waals surface area contributed by atoms with E-state index in [-0.39, 0.29) is 82.3 Å². The third kappa shape index (κ3) is 13.3. The monoisotopic (exact) mass is 1280 g/mol. The maximum Gasteiger partial charge on any atom is 0.433 e. The van der Waals surface area contributed by atoms with Gasteiger partial charge in [0.05, 0.1) is 89.7 Å². The molecule has 20 nitrogen and oxygen atoms in total. The van der Waals surface area contributed by atoms with Crippen LogP contribution in [-0.4, -0.2) is 202 Å². The molecule has 92 heavy (non-hydrogen) atoms. The number of alkyl halides is 6. The number of carbonyl (C=O) groups excluding carboxylic acids is 2. The second-order valence-corrected chi connectivity index (χ2v) is 23.4. The number of morpholine rings is 2. The Kier molecular flexibility index (Phi) is 19.4. The van der Waals surface area contributed by atoms with Crippen molar-refractivity contribution in [3.05, 3.63) is 154 Å². The number of halogens is 6. The quantitative estimate of drug-likeness (QED) is 0.0981. The van der Waals surface area contributed by atoms with Crippen LogP contribution >= 0.6 is 0 Å². The number of hydrogen-bond donors (Lipinski definition) is 2. The third-order valence-corrected chi connectivity index (χ3v) is 17.8. The smallest absolute Gasteiger partial charge is 0.433 e. The van der Waals surface area contributed by atoms with Crippen LogP contribution in [0.5, 0.6) is 11.5 Å². The lowest BCUT2D eigenvalue weighted by Gasteiger charge is -2.43. The van der Waals surface area contributed by atoms with Crippen LogP contribution in [0.15, 0.2) is 109 Å². The van der Waals surface area contributed by atoms with E-state index in [2.05, 4.69) is 64.0 Å². The minimum absolute atomic E-state index is 0.00233. The molecule has 0 spiro atoms. The molecule has 26 heteroatoms. The summed E-state index contributed by atoms with van der Waals surface area (Å²) in [6, 6.07) is 28.3. The first-order chi connectivity index (χ1) is 44.2. The largest absolute Gasteiger partial charge is 0.497 e. The summed E-state index contributed by atoms with van der Waals surface area (Å²) in [5.41, 5.74) is 2.77. The van der Waals surface area contributed by atoms with Gasteiger partial charge in [-0.25, -0.2) is 19.0 Å². The van der Waals surface area contributed by atoms with Gasteiger partial charge in [-0.05, 0) is 112 Å². The number of anilines is 2. The van der Waals surface area contributed by atoms with Gasteiger partial charge in [-0.1, -0.05) is 24.3 Å². The first kappa shape index (κ1) is 65.1. The molecule has 4 atom stereocenters. The van der Waals surface area contributed by atoms with Crippen molar-refractivity contribution < 1.29 is 65.1 Å². The van der Waals surface area contributed by atoms with Gasteiger partial charge in [-0.3, -0.25) is 19.4 Å². The maximum absolute atomic E-state index is 14.4. The number of nitrogens with zero attached hydrogens (tertiary/aromatic N) is 12. The van der Waals surface area contributed by atoms with Gasteiger partial charge < -0.3 is 48.8 Å². The predicted octanol–water partition coefficient (Wildman–Crippen LogP) is 8.90. The highest BCUT2D eigenvalue weighted by Gasteiger charge is 2.42. The van der Waals surface area contributed by atoms with Crippen LogP contribution in [0.2, 0.25) is 0 Å². The Morgan fingerprint density at radius 2 is 0.924 bits per heavy atom. The highest BCUT2D eigenvalue weighted by atomic mass is 19.4. The number of methoxy groups -OCH3 is 2. The minimum atomic E-state index is -4.74. The Morgan fingerprint density at radius 3 is 1.25 bits per heavy atom. The molecule has 0 bridgehead atoms. The van der Waals surface area contributed by atoms with Gasteiger partial charge in [0.15, 0.2) is 22.7 Å². The van der Waals surface area contributed by atoms with Crippen LogP contribution in [0.4, 0.5) is 37.7 Å². The lowest BCUT2D eigenvalue weighted by atomic mass is 10.0. The van der Waals surface area contributed by atoms with Crippen molar-refractivity contribution >= 4 is 34.5 Å². The summed E-state index contributed by atoms with van der Waals surface area (Å²) < 4.78 is 109. The predicted molar refractivity (Wildman–Crippen MR) is 332 cm³/mol. The summed E-state index contributed by atoms with van der Waals surface area (Å²) in [7, 11) is 3.01. The van der Waals surface area contributed by atoms with Gasteiger partial charge in [0.1, 0.15) is 22.6 Å². The summed E-state index contributed by atoms with van der Waals surface area (Å²) in [5.74, 6) is 0.226. The van der Waals surface area contributed by atoms with Crippen LogP contribution in [0.3, 0.4) is 0 Å². The van der Waals surface area contributed by atoms with E-state index in [4.69, 9.17) is 18.9 Å². The number of amides is 2. The number of hydrogen-bond acceptors (Lipinski definition) is 16. The van der Waals surface area contributed by atoms with E-state index in [0.717, 1.165) is 57.7 Å². The molecule has 2 amide bonds. The molecule has 0 radical (unpaired) electrons. The van der Waals surface area contributed by atoms with Crippen LogP contribution in [0.1, 0.15) is 80.3 Å². The van der Waals surface area contributed by atoms with Gasteiger partial charge in [0.2, 0.25) is 0 Å². The molecule has 0 aliphatic carbocycles. The number of aromatic nitrogens is 6. The summed E-state index contributed by atoms with van der Waals surface area (Å²) >= 11 is 0. The van der Waals surface area contributed by atoms with E-state index < -0.39 is 35.6 Å². The van der Waals surface area contributed by atoms with Crippen LogP contribution in [0.25, 0.3) is 33.8 Å². The van der Waals surface area contributed by atoms with Gasteiger partial charge in [0.25, 0.3) is 11.8 Å². The Hall–Kier alpha value is -8.40. The second-order valence-electron chi connectivity index (χ2n) is 23.4. The van der Waals surface area contributed by atoms with Crippen molar-refractivity contribution in [3.63, 3.8) is 0 Å². The zero-order valence-electron chi connectivity index (χ0n) is 52.0. The molecule has 2 N–H and O–H groups in total. The van der Waals surface area contributed by atoms with E-state index in [0.29, 0.717) is 88.3 Å². The molecular weight excluding hydrogens is 1200 g/mol. The van der Waals surface area contributed by atoms with E-state index in [1.807, 2.05) is 38.1 Å². The lowest BCUT2D eigenvalue weighted by molar-refractivity contribution is -0.144. The van der Waals surface area contributed by atoms with Crippen molar-refractivity contribution in [3.8, 4) is 34.0 Å². The molecule has 4 fully saturated rings. The molecule has 0 saturated carbocycles. The second kappa shape index (κ2) is 27.4. The normalized spacial score (nSPS) is 18.6. The number of aliphatic hydroxyl groups excluding tert-OH is 2. The van der Waals surface area contributed by atoms with E-state index >= 15 is 0 Å². The number of fused-ring (bicyclic) bond motifs is 2. The molecule has 12 rings (SSSR count). The molecular formula is C66H74F6N12O8. The van der Waals surface area contributed by atoms with Crippen molar-refractivity contribution in [1.29, 1.82) is 0 Å². The molecule has 4 saturated heterocycles. The zero-order valence-corrected chi connectivity index (χ0v) is 52.0. The Morgan fingerprint density at radius 1 is 0.554 bits per heavy atom. The van der Waals surface area contributed by atoms with Gasteiger partial charge in [-0.15, -0.1) is 0 Å². The molecule has 0 unspecified atom stereocenters. The van der Waals surface area contributed by atoms with Crippen molar-refractivity contribution in [2.75, 3.05) is 129 Å². The standard InChI is InChI=1S/2C33H37F3N6O4/c2*1-21-19-40(28(20-43)24-5-4-6-25(17-24)39-13-15-46-16-14-39)11-12-41(21)32(44)27-18-37-42-30(33(34,35)36)22(2)29(38-31(27)42)23-7-9-26(45-3)10-8-23/h2*4-10,17-18,21,28,43H,11-16,19-20H2,1-3H3/t21-,28+;21-,28-/m11/s1. The number of benzene rings is 4. The van der Waals surface area contributed by atoms with Crippen LogP contribution < -0.4 is 19.3 Å². The fourth-order valence-corrected chi connectivity index (χ4v) is 13.0. The van der Waals surface area contributed by atoms with Gasteiger partial charge in [-0.2, -0.15) is 36.5 Å². The molecule has 4 aliphatic heterocycles. The minimum Gasteiger partial charge on any atom is -0.497 e. The zero-order chi connectivity index (χ0) is 65.2. The SMILES string of the molecule is COc1ccc(-c2nc3c(C(=O)N4CCN([C@@H](CO)c5cccc(N6CCOCC6)c5)C[C@H]4C)cnn3c(C(F)(F)F)c2C)cc1.COc1ccc(-c2nc3c(C(=O)N4CCN([C@H](CO)c5cccc(N6CCOCC6)c5)C[C@H]4C)cnn3c(C(F)(F)F)c2C)cc1. The van der Waals surface area contributed by atoms with Crippen LogP contribution in [-0.2, 0) is 21.8 Å². The summed E-state index contributed by atoms with van der Waals surface area (Å²) in [6.45, 7) is 14.7. The number of rotatable bonds is 14. The van der Waals surface area contributed by atoms with Crippen molar-refractivity contribution in [2.24, 2.45) is 0 Å². The third-order valence-electron chi connectivity index (χ3n) is 17.8. The molecule has 4 aromatic carbocycles. The van der Waals surface area contributed by atoms with E-state index in [9.17, 15) is 46.1 Å². The topological polar surface area (TPSA) is 191 Å². The summed E-state index contributed by atoms with van der Waals surface area (Å²) in [5, 5.41) is 28.9. The fraction of sp³-hybridized carbons (Fsp3) is 0.424. The first-order valence-electron chi connectivity index (χ1n) is 30.6. The van der Waals surface area contributed by atoms with Crippen molar-refractivity contribution in [1.82, 2.24) is 48.8 Å². The van der Waals surface area contributed by atoms with E-state index in [1.165, 1.54) is 40.5 Å². The Labute approximate surface area is 528 Å². The molecule has 8 heterocycles. The highest BCUT2D eigenvalue weighted by molar-refractivity contribution is 6.01. The van der Waals surface area contributed by atoms with Crippen molar-refractivity contribution in [2.45, 2.75) is 64.2 Å². The van der Waals surface area contributed by atoms with E-state index in [1.54, 1.807) is 58.3 Å². The number of carbonyl (C=O) groups is 2. The number of ether oxygens (including phenoxy) is 4. The molecule has 8 aromatic rings. The highest BCUT2D eigenvalue weighted by Crippen LogP contribution is 2.40. The molecule has 4 aromatic heterocycles. The summed E-state index contributed by atoms with van der Waals surface area (Å²) in [4.78, 5) is 49.2.